The molecule has 0 aliphatic carbocycles. The molecule has 0 bridgehead atoms. The number of aromatic amines is 1. The third kappa shape index (κ3) is 1.67. The molecule has 0 aromatic carbocycles. The summed E-state index contributed by atoms with van der Waals surface area (Å²) in [5.74, 6) is 0.817. The highest BCUT2D eigenvalue weighted by Gasteiger charge is 2.00. The monoisotopic (exact) mass is 193 g/mol. The lowest BCUT2D eigenvalue weighted by molar-refractivity contribution is 0.200. The van der Waals surface area contributed by atoms with Crippen molar-refractivity contribution in [2.45, 2.75) is 6.42 Å². The average Bonchev–Trinajstić information content (AvgIpc) is 2.56. The molecule has 0 fully saturated rings. The van der Waals surface area contributed by atoms with Crippen LogP contribution in [0.5, 0.6) is 0 Å². The zero-order valence-electron chi connectivity index (χ0n) is 7.86. The van der Waals surface area contributed by atoms with Crippen molar-refractivity contribution in [3.63, 3.8) is 0 Å². The zero-order valence-corrected chi connectivity index (χ0v) is 7.86. The van der Waals surface area contributed by atoms with Crippen molar-refractivity contribution < 1.29 is 4.74 Å². The Morgan fingerprint density at radius 3 is 3.29 bits per heavy atom. The molecule has 0 saturated heterocycles. The Morgan fingerprint density at radius 2 is 2.50 bits per heavy atom. The van der Waals surface area contributed by atoms with Crippen LogP contribution in [-0.4, -0.2) is 28.3 Å². The number of rotatable bonds is 3. The van der Waals surface area contributed by atoms with Gasteiger partial charge in [-0.3, -0.25) is 9.89 Å². The van der Waals surface area contributed by atoms with E-state index in [9.17, 15) is 4.79 Å². The van der Waals surface area contributed by atoms with E-state index in [-0.39, 0.29) is 5.43 Å². The zero-order chi connectivity index (χ0) is 9.97. The minimum Gasteiger partial charge on any atom is -0.384 e. The van der Waals surface area contributed by atoms with E-state index in [2.05, 4.69) is 10.1 Å². The van der Waals surface area contributed by atoms with Gasteiger partial charge < -0.3 is 4.74 Å². The Balaban J connectivity index is 2.36. The Kier molecular flexibility index (Phi) is 2.32. The standard InChI is InChI=1S/C9H11N3O2/c1-14-5-3-8-10-9-6-7(13)2-4-12(9)11-8/h2,4,6H,3,5H2,1H3,(H,10,11). The molecule has 14 heavy (non-hydrogen) atoms. The summed E-state index contributed by atoms with van der Waals surface area (Å²) in [5, 5.41) is 3.04. The molecule has 0 amide bonds. The maximum atomic E-state index is 11.0. The number of hydrogen-bond acceptors (Lipinski definition) is 3. The van der Waals surface area contributed by atoms with Crippen LogP contribution in [0.25, 0.3) is 5.65 Å². The van der Waals surface area contributed by atoms with Crippen molar-refractivity contribution in [3.05, 3.63) is 34.4 Å². The molecule has 0 spiro atoms. The van der Waals surface area contributed by atoms with Gasteiger partial charge in [0.15, 0.2) is 11.1 Å². The Morgan fingerprint density at radius 1 is 1.64 bits per heavy atom. The second-order valence-corrected chi connectivity index (χ2v) is 3.00. The molecule has 0 aliphatic rings. The van der Waals surface area contributed by atoms with Gasteiger partial charge in [-0.15, -0.1) is 0 Å². The number of ether oxygens (including phenoxy) is 1. The van der Waals surface area contributed by atoms with Gasteiger partial charge >= 0.3 is 0 Å². The van der Waals surface area contributed by atoms with Crippen LogP contribution in [0.1, 0.15) is 5.82 Å². The van der Waals surface area contributed by atoms with Crippen LogP contribution >= 0.6 is 0 Å². The number of nitrogens with one attached hydrogen (secondary N) is 1. The summed E-state index contributed by atoms with van der Waals surface area (Å²) in [6.45, 7) is 0.616. The van der Waals surface area contributed by atoms with E-state index in [0.29, 0.717) is 18.7 Å². The highest BCUT2D eigenvalue weighted by molar-refractivity contribution is 5.36. The van der Waals surface area contributed by atoms with Gasteiger partial charge in [0.2, 0.25) is 0 Å². The van der Waals surface area contributed by atoms with Crippen LogP contribution in [0, 0.1) is 0 Å². The Labute approximate surface area is 80.3 Å². The number of fused-ring (bicyclic) bond motifs is 1. The molecule has 2 aromatic rings. The van der Waals surface area contributed by atoms with Crippen molar-refractivity contribution in [2.75, 3.05) is 13.7 Å². The second kappa shape index (κ2) is 3.63. The van der Waals surface area contributed by atoms with Crippen molar-refractivity contribution in [3.8, 4) is 0 Å². The first-order chi connectivity index (χ1) is 6.79. The van der Waals surface area contributed by atoms with Crippen LogP contribution in [0.3, 0.4) is 0 Å². The SMILES string of the molecule is COCCc1nc2cc(=O)ccn2[nH]1. The van der Waals surface area contributed by atoms with Crippen molar-refractivity contribution in [1.82, 2.24) is 14.6 Å². The van der Waals surface area contributed by atoms with E-state index in [1.165, 1.54) is 12.1 Å². The number of H-pyrrole nitrogens is 1. The van der Waals surface area contributed by atoms with E-state index in [1.54, 1.807) is 17.8 Å². The molecule has 5 heteroatoms. The van der Waals surface area contributed by atoms with Crippen LogP contribution in [0.4, 0.5) is 0 Å². The Bertz CT molecular complexity index is 486. The van der Waals surface area contributed by atoms with E-state index in [4.69, 9.17) is 4.74 Å². The first kappa shape index (κ1) is 8.96. The van der Waals surface area contributed by atoms with Crippen LogP contribution < -0.4 is 5.43 Å². The second-order valence-electron chi connectivity index (χ2n) is 3.00. The molecule has 0 atom stereocenters. The molecule has 2 aromatic heterocycles. The van der Waals surface area contributed by atoms with E-state index in [1.807, 2.05) is 0 Å². The summed E-state index contributed by atoms with van der Waals surface area (Å²) >= 11 is 0. The predicted octanol–water partition coefficient (Wildman–Crippen LogP) is 0.212. The average molecular weight is 193 g/mol. The molecule has 0 radical (unpaired) electrons. The summed E-state index contributed by atoms with van der Waals surface area (Å²) in [4.78, 5) is 15.3. The lowest BCUT2D eigenvalue weighted by Crippen LogP contribution is -1.99. The Hall–Kier alpha value is -1.62. The smallest absolute Gasteiger partial charge is 0.183 e. The number of aromatic nitrogens is 3. The quantitative estimate of drug-likeness (QED) is 0.758. The fourth-order valence-corrected chi connectivity index (χ4v) is 1.26. The largest absolute Gasteiger partial charge is 0.384 e. The van der Waals surface area contributed by atoms with Gasteiger partial charge in [-0.1, -0.05) is 0 Å². The molecule has 0 saturated carbocycles. The first-order valence-corrected chi connectivity index (χ1v) is 4.36. The summed E-state index contributed by atoms with van der Waals surface area (Å²) in [6.07, 6.45) is 2.38. The number of nitrogens with zero attached hydrogens (tertiary/aromatic N) is 2. The van der Waals surface area contributed by atoms with Gasteiger partial charge in [0.05, 0.1) is 6.61 Å². The molecular formula is C9H11N3O2. The summed E-state index contributed by atoms with van der Waals surface area (Å²) < 4.78 is 6.65. The lowest BCUT2D eigenvalue weighted by atomic mass is 10.4. The molecule has 0 unspecified atom stereocenters. The van der Waals surface area contributed by atoms with Gasteiger partial charge in [-0.2, -0.15) is 0 Å². The van der Waals surface area contributed by atoms with Gasteiger partial charge in [-0.25, -0.2) is 9.50 Å². The van der Waals surface area contributed by atoms with Gasteiger partial charge in [0, 0.05) is 31.9 Å². The first-order valence-electron chi connectivity index (χ1n) is 4.36. The van der Waals surface area contributed by atoms with Gasteiger partial charge in [0.25, 0.3) is 0 Å². The lowest BCUT2D eigenvalue weighted by Gasteiger charge is -1.92. The van der Waals surface area contributed by atoms with Crippen molar-refractivity contribution in [2.24, 2.45) is 0 Å². The normalized spacial score (nSPS) is 10.9. The molecular weight excluding hydrogens is 182 g/mol. The van der Waals surface area contributed by atoms with E-state index in [0.717, 1.165) is 5.82 Å². The molecule has 1 N–H and O–H groups in total. The molecule has 74 valence electrons. The molecule has 2 heterocycles. The van der Waals surface area contributed by atoms with Gasteiger partial charge in [0.1, 0.15) is 5.82 Å². The maximum Gasteiger partial charge on any atom is 0.183 e. The minimum atomic E-state index is -0.0326. The van der Waals surface area contributed by atoms with Crippen LogP contribution in [0.2, 0.25) is 0 Å². The van der Waals surface area contributed by atoms with E-state index >= 15 is 0 Å². The highest BCUT2D eigenvalue weighted by atomic mass is 16.5. The van der Waals surface area contributed by atoms with Crippen molar-refractivity contribution >= 4 is 5.65 Å². The third-order valence-corrected chi connectivity index (χ3v) is 1.95. The third-order valence-electron chi connectivity index (χ3n) is 1.95. The maximum absolute atomic E-state index is 11.0. The van der Waals surface area contributed by atoms with Crippen LogP contribution in [-0.2, 0) is 11.2 Å². The van der Waals surface area contributed by atoms with Crippen LogP contribution in [0.15, 0.2) is 23.1 Å². The minimum absolute atomic E-state index is 0.0326. The summed E-state index contributed by atoms with van der Waals surface area (Å²) in [7, 11) is 1.64. The van der Waals surface area contributed by atoms with Gasteiger partial charge in [-0.05, 0) is 0 Å². The molecule has 2 rings (SSSR count). The van der Waals surface area contributed by atoms with E-state index < -0.39 is 0 Å². The number of methoxy groups -OCH3 is 1. The summed E-state index contributed by atoms with van der Waals surface area (Å²) in [5.41, 5.74) is 0.610. The fraction of sp³-hybridized carbons (Fsp3) is 0.333. The molecule has 0 aliphatic heterocycles. The number of pyridine rings is 1. The summed E-state index contributed by atoms with van der Waals surface area (Å²) in [6, 6.07) is 2.98. The predicted molar refractivity (Wildman–Crippen MR) is 51.4 cm³/mol. The number of hydrogen-bond donors (Lipinski definition) is 1. The topological polar surface area (TPSA) is 59.4 Å². The fourth-order valence-electron chi connectivity index (χ4n) is 1.26. The highest BCUT2D eigenvalue weighted by Crippen LogP contribution is 1.98. The molecule has 5 nitrogen and oxygen atoms in total. The van der Waals surface area contributed by atoms with Crippen molar-refractivity contribution in [1.29, 1.82) is 0 Å².